The lowest BCUT2D eigenvalue weighted by atomic mass is 10.1. The Morgan fingerprint density at radius 2 is 1.85 bits per heavy atom. The van der Waals surface area contributed by atoms with Gasteiger partial charge in [0, 0.05) is 18.6 Å². The fourth-order valence-corrected chi connectivity index (χ4v) is 2.40. The van der Waals surface area contributed by atoms with Crippen molar-refractivity contribution in [2.75, 3.05) is 11.9 Å². The van der Waals surface area contributed by atoms with Crippen molar-refractivity contribution < 1.29 is 0 Å². The normalized spacial score (nSPS) is 10.9. The average Bonchev–Trinajstić information content (AvgIpc) is 2.78. The molecule has 0 saturated heterocycles. The number of hydrogen-bond donors (Lipinski definition) is 1. The van der Waals surface area contributed by atoms with Crippen LogP contribution < -0.4 is 5.32 Å². The van der Waals surface area contributed by atoms with Crippen molar-refractivity contribution in [1.29, 1.82) is 0 Å². The van der Waals surface area contributed by atoms with Crippen LogP contribution >= 0.6 is 11.6 Å². The van der Waals surface area contributed by atoms with Crippen molar-refractivity contribution in [3.05, 3.63) is 59.1 Å². The molecule has 3 nitrogen and oxygen atoms in total. The van der Waals surface area contributed by atoms with Crippen LogP contribution in [0.3, 0.4) is 0 Å². The lowest BCUT2D eigenvalue weighted by molar-refractivity contribution is 0.912. The second-order valence-corrected chi connectivity index (χ2v) is 5.22. The third-order valence-corrected chi connectivity index (χ3v) is 3.65. The number of halogens is 1. The predicted octanol–water partition coefficient (Wildman–Crippen LogP) is 3.88. The topological polar surface area (TPSA) is 29.9 Å². The first kappa shape index (κ1) is 13.0. The SMILES string of the molecule is Cn1c(NCCc2ccc(Cl)cc2)nc2ccccc21. The van der Waals surface area contributed by atoms with Gasteiger partial charge in [0.1, 0.15) is 0 Å². The summed E-state index contributed by atoms with van der Waals surface area (Å²) in [6.45, 7) is 0.846. The minimum Gasteiger partial charge on any atom is -0.355 e. The Labute approximate surface area is 123 Å². The van der Waals surface area contributed by atoms with Gasteiger partial charge in [-0.3, -0.25) is 0 Å². The first-order valence-electron chi connectivity index (χ1n) is 6.64. The molecule has 0 amide bonds. The van der Waals surface area contributed by atoms with Crippen molar-refractivity contribution >= 4 is 28.6 Å². The quantitative estimate of drug-likeness (QED) is 0.788. The molecular weight excluding hydrogens is 270 g/mol. The standard InChI is InChI=1S/C16H16ClN3/c1-20-15-5-3-2-4-14(15)19-16(20)18-11-10-12-6-8-13(17)9-7-12/h2-9H,10-11H2,1H3,(H,18,19). The number of nitrogens with zero attached hydrogens (tertiary/aromatic N) is 2. The number of imidazole rings is 1. The zero-order chi connectivity index (χ0) is 13.9. The van der Waals surface area contributed by atoms with Crippen LogP contribution in [0.1, 0.15) is 5.56 Å². The highest BCUT2D eigenvalue weighted by molar-refractivity contribution is 6.30. The second kappa shape index (κ2) is 5.55. The number of para-hydroxylation sites is 2. The Balaban J connectivity index is 1.68. The van der Waals surface area contributed by atoms with Crippen molar-refractivity contribution in [1.82, 2.24) is 9.55 Å². The highest BCUT2D eigenvalue weighted by atomic mass is 35.5. The number of hydrogen-bond acceptors (Lipinski definition) is 2. The lowest BCUT2D eigenvalue weighted by Gasteiger charge is -2.06. The molecule has 3 aromatic rings. The van der Waals surface area contributed by atoms with E-state index in [0.717, 1.165) is 35.0 Å². The third kappa shape index (κ3) is 2.63. The monoisotopic (exact) mass is 285 g/mol. The van der Waals surface area contributed by atoms with Gasteiger partial charge in [-0.1, -0.05) is 35.9 Å². The first-order chi connectivity index (χ1) is 9.74. The molecule has 0 spiro atoms. The minimum absolute atomic E-state index is 0.775. The van der Waals surface area contributed by atoms with E-state index < -0.39 is 0 Å². The molecule has 0 aliphatic heterocycles. The largest absolute Gasteiger partial charge is 0.355 e. The molecule has 3 rings (SSSR count). The Bertz CT molecular complexity index is 716. The molecule has 0 radical (unpaired) electrons. The maximum absolute atomic E-state index is 5.88. The van der Waals surface area contributed by atoms with Crippen molar-refractivity contribution in [3.8, 4) is 0 Å². The number of aryl methyl sites for hydroxylation is 1. The fourth-order valence-electron chi connectivity index (χ4n) is 2.27. The van der Waals surface area contributed by atoms with E-state index >= 15 is 0 Å². The molecule has 1 N–H and O–H groups in total. The van der Waals surface area contributed by atoms with Gasteiger partial charge in [-0.15, -0.1) is 0 Å². The number of benzene rings is 2. The molecule has 0 fully saturated rings. The summed E-state index contributed by atoms with van der Waals surface area (Å²) < 4.78 is 2.08. The number of aromatic nitrogens is 2. The lowest BCUT2D eigenvalue weighted by Crippen LogP contribution is -2.08. The molecule has 1 heterocycles. The predicted molar refractivity (Wildman–Crippen MR) is 84.4 cm³/mol. The van der Waals surface area contributed by atoms with Gasteiger partial charge >= 0.3 is 0 Å². The molecule has 102 valence electrons. The van der Waals surface area contributed by atoms with Crippen molar-refractivity contribution in [3.63, 3.8) is 0 Å². The van der Waals surface area contributed by atoms with Gasteiger partial charge in [-0.25, -0.2) is 4.98 Å². The molecule has 0 saturated carbocycles. The summed E-state index contributed by atoms with van der Waals surface area (Å²) in [5.41, 5.74) is 3.42. The van der Waals surface area contributed by atoms with E-state index in [4.69, 9.17) is 11.6 Å². The molecule has 0 aliphatic carbocycles. The average molecular weight is 286 g/mol. The summed E-state index contributed by atoms with van der Waals surface area (Å²) in [6.07, 6.45) is 0.945. The molecular formula is C16H16ClN3. The molecule has 1 aromatic heterocycles. The van der Waals surface area contributed by atoms with Crippen molar-refractivity contribution in [2.24, 2.45) is 7.05 Å². The van der Waals surface area contributed by atoms with Crippen molar-refractivity contribution in [2.45, 2.75) is 6.42 Å². The molecule has 0 aliphatic rings. The van der Waals surface area contributed by atoms with E-state index in [-0.39, 0.29) is 0 Å². The van der Waals surface area contributed by atoms with Gasteiger partial charge < -0.3 is 9.88 Å². The maximum Gasteiger partial charge on any atom is 0.203 e. The third-order valence-electron chi connectivity index (χ3n) is 3.40. The van der Waals surface area contributed by atoms with Gasteiger partial charge in [-0.2, -0.15) is 0 Å². The summed E-state index contributed by atoms with van der Waals surface area (Å²) in [5.74, 6) is 0.903. The maximum atomic E-state index is 5.88. The van der Waals surface area contributed by atoms with Gasteiger partial charge in [0.15, 0.2) is 0 Å². The Morgan fingerprint density at radius 1 is 1.10 bits per heavy atom. The van der Waals surface area contributed by atoms with E-state index in [2.05, 4.69) is 33.1 Å². The highest BCUT2D eigenvalue weighted by Crippen LogP contribution is 2.17. The van der Waals surface area contributed by atoms with E-state index in [0.29, 0.717) is 0 Å². The zero-order valence-electron chi connectivity index (χ0n) is 11.3. The van der Waals surface area contributed by atoms with Crippen LogP contribution in [0.25, 0.3) is 11.0 Å². The van der Waals surface area contributed by atoms with Crippen LogP contribution in [0.4, 0.5) is 5.95 Å². The zero-order valence-corrected chi connectivity index (χ0v) is 12.1. The summed E-state index contributed by atoms with van der Waals surface area (Å²) >= 11 is 5.88. The van der Waals surface area contributed by atoms with E-state index in [1.165, 1.54) is 5.56 Å². The first-order valence-corrected chi connectivity index (χ1v) is 7.01. The van der Waals surface area contributed by atoms with Gasteiger partial charge in [0.25, 0.3) is 0 Å². The summed E-state index contributed by atoms with van der Waals surface area (Å²) in [7, 11) is 2.03. The summed E-state index contributed by atoms with van der Waals surface area (Å²) in [4.78, 5) is 4.59. The summed E-state index contributed by atoms with van der Waals surface area (Å²) in [6, 6.07) is 16.1. The van der Waals surface area contributed by atoms with E-state index in [9.17, 15) is 0 Å². The van der Waals surface area contributed by atoms with Crippen LogP contribution in [0.15, 0.2) is 48.5 Å². The highest BCUT2D eigenvalue weighted by Gasteiger charge is 2.05. The molecule has 2 aromatic carbocycles. The molecule has 0 unspecified atom stereocenters. The molecule has 0 bridgehead atoms. The van der Waals surface area contributed by atoms with Crippen LogP contribution in [-0.4, -0.2) is 16.1 Å². The number of fused-ring (bicyclic) bond motifs is 1. The van der Waals surface area contributed by atoms with Crippen LogP contribution in [0.5, 0.6) is 0 Å². The van der Waals surface area contributed by atoms with Crippen LogP contribution in [0.2, 0.25) is 5.02 Å². The smallest absolute Gasteiger partial charge is 0.203 e. The van der Waals surface area contributed by atoms with E-state index in [1.54, 1.807) is 0 Å². The Hall–Kier alpha value is -2.00. The molecule has 4 heteroatoms. The summed E-state index contributed by atoms with van der Waals surface area (Å²) in [5, 5.41) is 4.16. The molecule has 20 heavy (non-hydrogen) atoms. The second-order valence-electron chi connectivity index (χ2n) is 4.79. The molecule has 0 atom stereocenters. The number of anilines is 1. The van der Waals surface area contributed by atoms with Crippen LogP contribution in [-0.2, 0) is 13.5 Å². The Morgan fingerprint density at radius 3 is 2.60 bits per heavy atom. The van der Waals surface area contributed by atoms with Gasteiger partial charge in [-0.05, 0) is 36.2 Å². The van der Waals surface area contributed by atoms with Gasteiger partial charge in [0.05, 0.1) is 11.0 Å². The minimum atomic E-state index is 0.775. The number of nitrogens with one attached hydrogen (secondary N) is 1. The van der Waals surface area contributed by atoms with E-state index in [1.807, 2.05) is 37.4 Å². The number of rotatable bonds is 4. The Kier molecular flexibility index (Phi) is 3.61. The van der Waals surface area contributed by atoms with Gasteiger partial charge in [0.2, 0.25) is 5.95 Å². The fraction of sp³-hybridized carbons (Fsp3) is 0.188. The van der Waals surface area contributed by atoms with Crippen LogP contribution in [0, 0.1) is 0 Å².